The van der Waals surface area contributed by atoms with Crippen molar-refractivity contribution < 1.29 is 28.9 Å². The van der Waals surface area contributed by atoms with Crippen LogP contribution in [0.1, 0.15) is 39.9 Å². The summed E-state index contributed by atoms with van der Waals surface area (Å²) < 4.78 is 17.5. The van der Waals surface area contributed by atoms with Crippen LogP contribution in [-0.4, -0.2) is 86.0 Å². The van der Waals surface area contributed by atoms with E-state index in [0.717, 1.165) is 50.3 Å². The van der Waals surface area contributed by atoms with Crippen LogP contribution in [0.4, 0.5) is 0 Å². The topological polar surface area (TPSA) is 88.5 Å². The van der Waals surface area contributed by atoms with Crippen molar-refractivity contribution in [3.63, 3.8) is 0 Å². The molecule has 2 aromatic rings. The molecule has 35 heavy (non-hydrogen) atoms. The van der Waals surface area contributed by atoms with Gasteiger partial charge in [-0.15, -0.1) is 0 Å². The fourth-order valence-electron chi connectivity index (χ4n) is 4.71. The molecule has 0 aliphatic carbocycles. The number of carboxylic acids is 1. The molecule has 1 saturated heterocycles. The monoisotopic (exact) mass is 482 g/mol. The van der Waals surface area contributed by atoms with Gasteiger partial charge in [0, 0.05) is 51.4 Å². The van der Waals surface area contributed by atoms with Gasteiger partial charge in [0.2, 0.25) is 0 Å². The number of rotatable bonds is 4. The third-order valence-electron chi connectivity index (χ3n) is 6.51. The lowest BCUT2D eigenvalue weighted by atomic mass is 9.99. The van der Waals surface area contributed by atoms with Crippen molar-refractivity contribution in [3.8, 4) is 5.75 Å². The van der Waals surface area contributed by atoms with E-state index in [1.807, 2.05) is 6.07 Å². The van der Waals surface area contributed by atoms with Crippen molar-refractivity contribution in [3.05, 3.63) is 64.7 Å². The second-order valence-corrected chi connectivity index (χ2v) is 9.15. The number of ether oxygens (including phenoxy) is 3. The van der Waals surface area contributed by atoms with Gasteiger partial charge < -0.3 is 24.2 Å². The molecule has 2 aliphatic rings. The zero-order valence-electron chi connectivity index (χ0n) is 20.3. The fraction of sp³-hybridized carbons (Fsp3) is 0.481. The summed E-state index contributed by atoms with van der Waals surface area (Å²) in [6.07, 6.45) is 2.66. The van der Waals surface area contributed by atoms with Gasteiger partial charge in [-0.2, -0.15) is 0 Å². The molecular formula is C27H34N2O6. The van der Waals surface area contributed by atoms with Gasteiger partial charge in [0.25, 0.3) is 5.91 Å². The van der Waals surface area contributed by atoms with Gasteiger partial charge in [0.1, 0.15) is 18.9 Å². The Morgan fingerprint density at radius 1 is 1.00 bits per heavy atom. The maximum atomic E-state index is 12.8. The van der Waals surface area contributed by atoms with Gasteiger partial charge in [-0.05, 0) is 47.7 Å². The molecule has 2 heterocycles. The number of carbonyl (C=O) groups excluding carboxylic acids is 1. The van der Waals surface area contributed by atoms with Gasteiger partial charge >= 0.3 is 5.97 Å². The Labute approximate surface area is 206 Å². The van der Waals surface area contributed by atoms with E-state index in [0.29, 0.717) is 43.6 Å². The molecule has 0 atom stereocenters. The number of fused-ring (bicyclic) bond motifs is 3. The van der Waals surface area contributed by atoms with Crippen molar-refractivity contribution in [2.75, 3.05) is 53.2 Å². The van der Waals surface area contributed by atoms with Gasteiger partial charge in [-0.3, -0.25) is 14.5 Å². The molecule has 8 heteroatoms. The number of benzene rings is 2. The number of carboxylic acid groups (broad SMARTS) is 1. The van der Waals surface area contributed by atoms with Crippen molar-refractivity contribution in [2.45, 2.75) is 31.8 Å². The van der Waals surface area contributed by atoms with Crippen LogP contribution in [0.2, 0.25) is 0 Å². The predicted molar refractivity (Wildman–Crippen MR) is 131 cm³/mol. The maximum Gasteiger partial charge on any atom is 0.323 e. The van der Waals surface area contributed by atoms with Gasteiger partial charge in [0.15, 0.2) is 0 Å². The van der Waals surface area contributed by atoms with E-state index in [4.69, 9.17) is 19.3 Å². The average Bonchev–Trinajstić information content (AvgIpc) is 2.85. The summed E-state index contributed by atoms with van der Waals surface area (Å²) in [4.78, 5) is 27.5. The fourth-order valence-corrected chi connectivity index (χ4v) is 4.71. The third kappa shape index (κ3) is 7.04. The van der Waals surface area contributed by atoms with Crippen LogP contribution in [0, 0.1) is 0 Å². The average molecular weight is 483 g/mol. The summed E-state index contributed by atoms with van der Waals surface area (Å²) in [6.45, 7) is 4.49. The number of hydrogen-bond donors (Lipinski definition) is 1. The highest BCUT2D eigenvalue weighted by Crippen LogP contribution is 2.26. The minimum Gasteiger partial charge on any atom is -0.491 e. The highest BCUT2D eigenvalue weighted by molar-refractivity contribution is 5.96. The first kappa shape index (κ1) is 25.2. The largest absolute Gasteiger partial charge is 0.491 e. The normalized spacial score (nSPS) is 18.1. The molecule has 0 radical (unpaired) electrons. The summed E-state index contributed by atoms with van der Waals surface area (Å²) in [7, 11) is 1.49. The lowest BCUT2D eigenvalue weighted by molar-refractivity contribution is -0.137. The number of hydrogen-bond acceptors (Lipinski definition) is 6. The molecule has 1 N–H and O–H groups in total. The molecule has 0 aromatic heterocycles. The highest BCUT2D eigenvalue weighted by Gasteiger charge is 2.22. The first-order chi connectivity index (χ1) is 17.0. The Hall–Kier alpha value is -2.94. The summed E-state index contributed by atoms with van der Waals surface area (Å²) in [5.74, 6) is -0.676. The van der Waals surface area contributed by atoms with Crippen molar-refractivity contribution in [2.24, 2.45) is 0 Å². The standard InChI is InChI=1S/C27H34N2O6/c1-28(19-26(30)31)27(32)22-5-6-25-23(17-22)16-20-3-2-4-21(15-20)18-29(9-12-34-13-14-35-25)24-7-10-33-11-8-24/h2-6,15,17,24H,7-14,16,18-19H2,1H3,(H,30,31). The number of nitrogens with zero attached hydrogens (tertiary/aromatic N) is 2. The Morgan fingerprint density at radius 3 is 2.57 bits per heavy atom. The number of aliphatic carboxylic acids is 1. The molecule has 1 fully saturated rings. The Kier molecular flexibility index (Phi) is 8.74. The second kappa shape index (κ2) is 12.2. The molecular weight excluding hydrogens is 448 g/mol. The summed E-state index contributed by atoms with van der Waals surface area (Å²) in [5, 5.41) is 9.03. The Bertz CT molecular complexity index is 1020. The summed E-state index contributed by atoms with van der Waals surface area (Å²) in [6, 6.07) is 14.3. The molecule has 2 aromatic carbocycles. The van der Waals surface area contributed by atoms with E-state index in [-0.39, 0.29) is 12.5 Å². The van der Waals surface area contributed by atoms with E-state index in [9.17, 15) is 9.59 Å². The van der Waals surface area contributed by atoms with Gasteiger partial charge in [-0.1, -0.05) is 24.3 Å². The number of carbonyl (C=O) groups is 2. The number of likely N-dealkylation sites (N-methyl/N-ethyl adjacent to an activating group) is 1. The maximum absolute atomic E-state index is 12.8. The van der Waals surface area contributed by atoms with Crippen LogP contribution < -0.4 is 4.74 Å². The Balaban J connectivity index is 1.59. The smallest absolute Gasteiger partial charge is 0.323 e. The minimum absolute atomic E-state index is 0.334. The lowest BCUT2D eigenvalue weighted by Crippen LogP contribution is -2.41. The van der Waals surface area contributed by atoms with E-state index in [1.54, 1.807) is 12.1 Å². The molecule has 1 amide bonds. The summed E-state index contributed by atoms with van der Waals surface area (Å²) >= 11 is 0. The summed E-state index contributed by atoms with van der Waals surface area (Å²) in [5.41, 5.74) is 3.70. The second-order valence-electron chi connectivity index (χ2n) is 9.15. The zero-order valence-corrected chi connectivity index (χ0v) is 20.3. The zero-order chi connectivity index (χ0) is 24.6. The molecule has 2 bridgehead atoms. The van der Waals surface area contributed by atoms with Crippen LogP contribution in [0.3, 0.4) is 0 Å². The predicted octanol–water partition coefficient (Wildman–Crippen LogP) is 2.82. The van der Waals surface area contributed by atoms with Crippen molar-refractivity contribution in [1.29, 1.82) is 0 Å². The van der Waals surface area contributed by atoms with Gasteiger partial charge in [0.05, 0.1) is 13.2 Å². The molecule has 0 unspecified atom stereocenters. The van der Waals surface area contributed by atoms with Crippen LogP contribution in [0.5, 0.6) is 5.75 Å². The first-order valence-electron chi connectivity index (χ1n) is 12.2. The third-order valence-corrected chi connectivity index (χ3v) is 6.51. The van der Waals surface area contributed by atoms with Crippen LogP contribution in [-0.2, 0) is 27.2 Å². The van der Waals surface area contributed by atoms with E-state index >= 15 is 0 Å². The van der Waals surface area contributed by atoms with Gasteiger partial charge in [-0.25, -0.2) is 0 Å². The molecule has 4 rings (SSSR count). The highest BCUT2D eigenvalue weighted by atomic mass is 16.5. The van der Waals surface area contributed by atoms with E-state index in [1.165, 1.54) is 17.5 Å². The molecule has 188 valence electrons. The minimum atomic E-state index is -1.05. The van der Waals surface area contributed by atoms with Crippen molar-refractivity contribution in [1.82, 2.24) is 9.80 Å². The Morgan fingerprint density at radius 2 is 1.77 bits per heavy atom. The molecule has 2 aliphatic heterocycles. The quantitative estimate of drug-likeness (QED) is 0.717. The van der Waals surface area contributed by atoms with Crippen molar-refractivity contribution >= 4 is 11.9 Å². The molecule has 0 saturated carbocycles. The number of amides is 1. The SMILES string of the molecule is CN(CC(=O)O)C(=O)c1ccc2c(c1)Cc1cccc(c1)CN(C1CCOCC1)CCOCCO2. The van der Waals surface area contributed by atoms with E-state index < -0.39 is 5.97 Å². The first-order valence-corrected chi connectivity index (χ1v) is 12.2. The van der Waals surface area contributed by atoms with E-state index in [2.05, 4.69) is 29.2 Å². The van der Waals surface area contributed by atoms with Crippen LogP contribution >= 0.6 is 0 Å². The van der Waals surface area contributed by atoms with Crippen LogP contribution in [0.15, 0.2) is 42.5 Å². The lowest BCUT2D eigenvalue weighted by Gasteiger charge is -2.34. The van der Waals surface area contributed by atoms with Crippen LogP contribution in [0.25, 0.3) is 0 Å². The molecule has 8 nitrogen and oxygen atoms in total. The molecule has 0 spiro atoms.